The molecule has 1 aliphatic rings. The summed E-state index contributed by atoms with van der Waals surface area (Å²) in [6.45, 7) is 4.00. The average molecular weight is 236 g/mol. The van der Waals surface area contributed by atoms with Gasteiger partial charge in [-0.05, 0) is 35.1 Å². The predicted octanol–water partition coefficient (Wildman–Crippen LogP) is 4.98. The highest BCUT2D eigenvalue weighted by molar-refractivity contribution is 5.73. The molecule has 0 heteroatoms. The molecule has 2 aromatic carbocycles. The molecule has 0 bridgehead atoms. The zero-order chi connectivity index (χ0) is 12.8. The lowest BCUT2D eigenvalue weighted by Gasteiger charge is -2.12. The molecule has 92 valence electrons. The summed E-state index contributed by atoms with van der Waals surface area (Å²) in [4.78, 5) is 0. The highest BCUT2D eigenvalue weighted by atomic mass is 14.1. The number of benzene rings is 2. The van der Waals surface area contributed by atoms with Crippen LogP contribution in [-0.2, 0) is 12.8 Å². The number of fused-ring (bicyclic) bond motifs is 2. The van der Waals surface area contributed by atoms with Crippen molar-refractivity contribution in [2.45, 2.75) is 26.7 Å². The van der Waals surface area contributed by atoms with Crippen molar-refractivity contribution in [1.29, 1.82) is 0 Å². The molecule has 18 heavy (non-hydrogen) atoms. The van der Waals surface area contributed by atoms with Crippen LogP contribution >= 0.6 is 0 Å². The molecule has 0 fully saturated rings. The largest absolute Gasteiger partial charge is 0.0683 e. The summed E-state index contributed by atoms with van der Waals surface area (Å²) >= 11 is 0. The summed E-state index contributed by atoms with van der Waals surface area (Å²) < 4.78 is 0. The van der Waals surface area contributed by atoms with E-state index in [1.807, 2.05) is 13.8 Å². The molecular weight excluding hydrogens is 216 g/mol. The lowest BCUT2D eigenvalue weighted by Crippen LogP contribution is -1.98. The van der Waals surface area contributed by atoms with Gasteiger partial charge in [-0.2, -0.15) is 0 Å². The molecule has 0 radical (unpaired) electrons. The first kappa shape index (κ1) is 12.6. The molecule has 0 N–H and O–H groups in total. The standard InChI is InChI=1S/C16H14.C2H6/c1-2-6-14-11-12-16-8-4-3-7-15(16)10-9-13(14)5-1;1-2/h1-10H,11-12H2;1-2H3/b10-9-;. The minimum Gasteiger partial charge on any atom is -0.0683 e. The van der Waals surface area contributed by atoms with Gasteiger partial charge < -0.3 is 0 Å². The van der Waals surface area contributed by atoms with E-state index in [9.17, 15) is 0 Å². The predicted molar refractivity (Wildman–Crippen MR) is 80.6 cm³/mol. The van der Waals surface area contributed by atoms with Gasteiger partial charge in [0.25, 0.3) is 0 Å². The molecule has 0 spiro atoms. The van der Waals surface area contributed by atoms with Gasteiger partial charge in [0.1, 0.15) is 0 Å². The lowest BCUT2D eigenvalue weighted by molar-refractivity contribution is 0.952. The third-order valence-electron chi connectivity index (χ3n) is 3.22. The normalized spacial score (nSPS) is 14.1. The van der Waals surface area contributed by atoms with Crippen molar-refractivity contribution in [2.24, 2.45) is 0 Å². The van der Waals surface area contributed by atoms with E-state index in [1.54, 1.807) is 0 Å². The SMILES string of the molecule is C1=C\c2ccccc2CCc2ccccc2/1.CC. The monoisotopic (exact) mass is 236 g/mol. The van der Waals surface area contributed by atoms with Crippen molar-refractivity contribution in [1.82, 2.24) is 0 Å². The summed E-state index contributed by atoms with van der Waals surface area (Å²) in [5, 5.41) is 0. The second kappa shape index (κ2) is 6.20. The van der Waals surface area contributed by atoms with Crippen molar-refractivity contribution in [3.63, 3.8) is 0 Å². The minimum absolute atomic E-state index is 1.14. The van der Waals surface area contributed by atoms with Gasteiger partial charge in [0, 0.05) is 0 Å². The summed E-state index contributed by atoms with van der Waals surface area (Å²) in [6, 6.07) is 17.3. The molecule has 2 aromatic rings. The lowest BCUT2D eigenvalue weighted by atomic mass is 9.93. The maximum atomic E-state index is 2.23. The van der Waals surface area contributed by atoms with E-state index >= 15 is 0 Å². The zero-order valence-electron chi connectivity index (χ0n) is 11.2. The molecule has 0 aromatic heterocycles. The van der Waals surface area contributed by atoms with Crippen LogP contribution in [0, 0.1) is 0 Å². The Morgan fingerprint density at radius 1 is 0.611 bits per heavy atom. The van der Waals surface area contributed by atoms with E-state index in [-0.39, 0.29) is 0 Å². The number of hydrogen-bond donors (Lipinski definition) is 0. The Labute approximate surface area is 110 Å². The van der Waals surface area contributed by atoms with Crippen LogP contribution in [0.5, 0.6) is 0 Å². The van der Waals surface area contributed by atoms with Gasteiger partial charge in [0.05, 0.1) is 0 Å². The molecule has 0 aliphatic heterocycles. The smallest absolute Gasteiger partial charge is 0.0224 e. The maximum absolute atomic E-state index is 2.23. The Bertz CT molecular complexity index is 486. The van der Waals surface area contributed by atoms with E-state index in [2.05, 4.69) is 60.7 Å². The molecule has 1 aliphatic carbocycles. The van der Waals surface area contributed by atoms with Crippen LogP contribution in [0.25, 0.3) is 12.2 Å². The van der Waals surface area contributed by atoms with Gasteiger partial charge in [-0.1, -0.05) is 74.5 Å². The Balaban J connectivity index is 0.000000574. The Morgan fingerprint density at radius 3 is 1.44 bits per heavy atom. The van der Waals surface area contributed by atoms with E-state index in [0.29, 0.717) is 0 Å². The summed E-state index contributed by atoms with van der Waals surface area (Å²) in [5.41, 5.74) is 5.62. The first-order valence-corrected chi connectivity index (χ1v) is 6.77. The van der Waals surface area contributed by atoms with E-state index in [0.717, 1.165) is 12.8 Å². The topological polar surface area (TPSA) is 0 Å². The van der Waals surface area contributed by atoms with Gasteiger partial charge in [-0.3, -0.25) is 0 Å². The van der Waals surface area contributed by atoms with Gasteiger partial charge in [0.15, 0.2) is 0 Å². The van der Waals surface area contributed by atoms with Crippen molar-refractivity contribution in [2.75, 3.05) is 0 Å². The van der Waals surface area contributed by atoms with Crippen LogP contribution in [0.1, 0.15) is 36.1 Å². The van der Waals surface area contributed by atoms with Gasteiger partial charge in [-0.25, -0.2) is 0 Å². The summed E-state index contributed by atoms with van der Waals surface area (Å²) in [7, 11) is 0. The Kier molecular flexibility index (Phi) is 4.35. The third kappa shape index (κ3) is 2.70. The van der Waals surface area contributed by atoms with Crippen molar-refractivity contribution in [3.05, 3.63) is 70.8 Å². The Morgan fingerprint density at radius 2 is 1.00 bits per heavy atom. The summed E-state index contributed by atoms with van der Waals surface area (Å²) in [5.74, 6) is 0. The number of aryl methyl sites for hydroxylation is 2. The Hall–Kier alpha value is -1.82. The molecule has 0 heterocycles. The zero-order valence-corrected chi connectivity index (χ0v) is 11.2. The van der Waals surface area contributed by atoms with E-state index < -0.39 is 0 Å². The van der Waals surface area contributed by atoms with Crippen LogP contribution in [0.4, 0.5) is 0 Å². The third-order valence-corrected chi connectivity index (χ3v) is 3.22. The van der Waals surface area contributed by atoms with Crippen LogP contribution in [0.15, 0.2) is 48.5 Å². The van der Waals surface area contributed by atoms with E-state index in [1.165, 1.54) is 22.3 Å². The molecule has 0 atom stereocenters. The fraction of sp³-hybridized carbons (Fsp3) is 0.222. The minimum atomic E-state index is 1.14. The highest BCUT2D eigenvalue weighted by Crippen LogP contribution is 2.21. The fourth-order valence-corrected chi connectivity index (χ4v) is 2.30. The van der Waals surface area contributed by atoms with Crippen molar-refractivity contribution >= 4 is 12.2 Å². The van der Waals surface area contributed by atoms with Gasteiger partial charge in [-0.15, -0.1) is 0 Å². The molecule has 0 unspecified atom stereocenters. The number of hydrogen-bond acceptors (Lipinski definition) is 0. The molecule has 0 nitrogen and oxygen atoms in total. The van der Waals surface area contributed by atoms with Crippen molar-refractivity contribution < 1.29 is 0 Å². The second-order valence-corrected chi connectivity index (χ2v) is 4.23. The van der Waals surface area contributed by atoms with Crippen molar-refractivity contribution in [3.8, 4) is 0 Å². The van der Waals surface area contributed by atoms with Gasteiger partial charge >= 0.3 is 0 Å². The van der Waals surface area contributed by atoms with Crippen LogP contribution in [-0.4, -0.2) is 0 Å². The van der Waals surface area contributed by atoms with E-state index in [4.69, 9.17) is 0 Å². The fourth-order valence-electron chi connectivity index (χ4n) is 2.30. The molecule has 0 saturated carbocycles. The molecule has 0 amide bonds. The second-order valence-electron chi connectivity index (χ2n) is 4.23. The molecule has 3 rings (SSSR count). The molecular formula is C18H20. The quantitative estimate of drug-likeness (QED) is 0.605. The first-order valence-electron chi connectivity index (χ1n) is 6.77. The van der Waals surface area contributed by atoms with Crippen LogP contribution < -0.4 is 0 Å². The number of rotatable bonds is 0. The maximum Gasteiger partial charge on any atom is -0.0224 e. The van der Waals surface area contributed by atoms with Crippen LogP contribution in [0.3, 0.4) is 0 Å². The van der Waals surface area contributed by atoms with Crippen LogP contribution in [0.2, 0.25) is 0 Å². The summed E-state index contributed by atoms with van der Waals surface area (Å²) in [6.07, 6.45) is 6.73. The molecule has 0 saturated heterocycles. The average Bonchev–Trinajstić information content (AvgIpc) is 2.44. The first-order chi connectivity index (χ1) is 8.93. The highest BCUT2D eigenvalue weighted by Gasteiger charge is 2.05. The van der Waals surface area contributed by atoms with Gasteiger partial charge in [0.2, 0.25) is 0 Å².